The van der Waals surface area contributed by atoms with Gasteiger partial charge in [0.25, 0.3) is 6.43 Å². The molecular formula is C11H9BrF3NO. The van der Waals surface area contributed by atoms with Gasteiger partial charge in [-0.1, -0.05) is 15.9 Å². The Morgan fingerprint density at radius 2 is 2.18 bits per heavy atom. The first-order valence-electron chi connectivity index (χ1n) is 4.91. The number of benzene rings is 1. The van der Waals surface area contributed by atoms with Gasteiger partial charge >= 0.3 is 0 Å². The predicted molar refractivity (Wildman–Crippen MR) is 61.1 cm³/mol. The van der Waals surface area contributed by atoms with Crippen LogP contribution < -0.4 is 0 Å². The number of rotatable bonds is 2. The zero-order valence-electron chi connectivity index (χ0n) is 8.67. The van der Waals surface area contributed by atoms with E-state index < -0.39 is 17.8 Å². The molecule has 0 aliphatic carbocycles. The van der Waals surface area contributed by atoms with E-state index in [1.54, 1.807) is 0 Å². The van der Waals surface area contributed by atoms with Crippen molar-refractivity contribution < 1.29 is 17.9 Å². The fourth-order valence-corrected chi connectivity index (χ4v) is 2.08. The monoisotopic (exact) mass is 307 g/mol. The van der Waals surface area contributed by atoms with Crippen molar-refractivity contribution in [2.75, 3.05) is 13.2 Å². The lowest BCUT2D eigenvalue weighted by Crippen LogP contribution is -2.41. The van der Waals surface area contributed by atoms with E-state index in [4.69, 9.17) is 4.74 Å². The Morgan fingerprint density at radius 3 is 2.76 bits per heavy atom. The number of hydrogen-bond acceptors (Lipinski definition) is 2. The Bertz CT molecular complexity index is 452. The lowest BCUT2D eigenvalue weighted by atomic mass is 9.90. The molecule has 1 aromatic carbocycles. The Labute approximate surface area is 105 Å². The van der Waals surface area contributed by atoms with Gasteiger partial charge in [0.15, 0.2) is 5.54 Å². The van der Waals surface area contributed by atoms with Crippen LogP contribution in [0.3, 0.4) is 0 Å². The lowest BCUT2D eigenvalue weighted by molar-refractivity contribution is -0.0127. The van der Waals surface area contributed by atoms with E-state index in [-0.39, 0.29) is 18.8 Å². The average molecular weight is 308 g/mol. The number of hydrogen-bond donors (Lipinski definition) is 0. The van der Waals surface area contributed by atoms with Gasteiger partial charge in [-0.25, -0.2) is 13.2 Å². The number of aliphatic imine (C=N–C) groups is 1. The van der Waals surface area contributed by atoms with Gasteiger partial charge < -0.3 is 4.74 Å². The minimum absolute atomic E-state index is 0.155. The molecule has 0 N–H and O–H groups in total. The number of nitrogens with zero attached hydrogens (tertiary/aromatic N) is 1. The van der Waals surface area contributed by atoms with Crippen LogP contribution in [0.15, 0.2) is 27.7 Å². The van der Waals surface area contributed by atoms with Gasteiger partial charge in [-0.15, -0.1) is 0 Å². The van der Waals surface area contributed by atoms with Gasteiger partial charge in [-0.05, 0) is 18.2 Å². The summed E-state index contributed by atoms with van der Waals surface area (Å²) in [6.07, 6.45) is -1.58. The number of alkyl halides is 2. The van der Waals surface area contributed by atoms with Gasteiger partial charge in [-0.3, -0.25) is 4.99 Å². The molecule has 1 heterocycles. The van der Waals surface area contributed by atoms with Crippen LogP contribution in [-0.2, 0) is 10.3 Å². The van der Waals surface area contributed by atoms with Crippen LogP contribution in [0.25, 0.3) is 0 Å². The van der Waals surface area contributed by atoms with Crippen LogP contribution in [0.4, 0.5) is 13.2 Å². The molecule has 1 atom stereocenters. The van der Waals surface area contributed by atoms with Crippen LogP contribution in [0.5, 0.6) is 0 Å². The maximum atomic E-state index is 13.7. The molecule has 0 saturated carbocycles. The largest absolute Gasteiger partial charge is 0.373 e. The Morgan fingerprint density at radius 1 is 1.41 bits per heavy atom. The van der Waals surface area contributed by atoms with Crippen molar-refractivity contribution in [1.29, 1.82) is 0 Å². The highest BCUT2D eigenvalue weighted by molar-refractivity contribution is 9.10. The van der Waals surface area contributed by atoms with E-state index in [1.807, 2.05) is 0 Å². The molecule has 1 aromatic rings. The maximum Gasteiger partial charge on any atom is 0.269 e. The normalized spacial score (nSPS) is 24.3. The topological polar surface area (TPSA) is 21.6 Å². The van der Waals surface area contributed by atoms with Crippen molar-refractivity contribution in [3.05, 3.63) is 34.1 Å². The van der Waals surface area contributed by atoms with Crippen molar-refractivity contribution in [1.82, 2.24) is 0 Å². The third-order valence-corrected chi connectivity index (χ3v) is 3.09. The van der Waals surface area contributed by atoms with E-state index in [2.05, 4.69) is 20.9 Å². The fraction of sp³-hybridized carbons (Fsp3) is 0.364. The van der Waals surface area contributed by atoms with E-state index in [1.165, 1.54) is 18.3 Å². The molecule has 2 nitrogen and oxygen atoms in total. The first kappa shape index (κ1) is 12.6. The summed E-state index contributed by atoms with van der Waals surface area (Å²) in [5, 5.41) is 0. The van der Waals surface area contributed by atoms with Crippen molar-refractivity contribution >= 4 is 22.1 Å². The van der Waals surface area contributed by atoms with E-state index in [0.717, 1.165) is 6.07 Å². The maximum absolute atomic E-state index is 13.7. The van der Waals surface area contributed by atoms with Gasteiger partial charge in [0, 0.05) is 16.3 Å². The van der Waals surface area contributed by atoms with E-state index in [9.17, 15) is 13.2 Å². The van der Waals surface area contributed by atoms with Gasteiger partial charge in [0.05, 0.1) is 13.2 Å². The van der Waals surface area contributed by atoms with Gasteiger partial charge in [0.2, 0.25) is 0 Å². The summed E-state index contributed by atoms with van der Waals surface area (Å²) in [6.45, 7) is -0.154. The Hall–Kier alpha value is -0.880. The molecule has 0 aromatic heterocycles. The first-order valence-corrected chi connectivity index (χ1v) is 5.71. The second-order valence-electron chi connectivity index (χ2n) is 3.68. The van der Waals surface area contributed by atoms with Gasteiger partial charge in [0.1, 0.15) is 5.82 Å². The predicted octanol–water partition coefficient (Wildman–Crippen LogP) is 3.15. The highest BCUT2D eigenvalue weighted by atomic mass is 79.9. The molecule has 17 heavy (non-hydrogen) atoms. The van der Waals surface area contributed by atoms with Crippen LogP contribution in [0, 0.1) is 5.82 Å². The molecule has 1 unspecified atom stereocenters. The zero-order valence-corrected chi connectivity index (χ0v) is 10.3. The molecule has 0 fully saturated rings. The summed E-state index contributed by atoms with van der Waals surface area (Å²) >= 11 is 3.13. The zero-order chi connectivity index (χ0) is 12.5. The molecule has 0 radical (unpaired) electrons. The molecule has 1 aliphatic heterocycles. The first-order chi connectivity index (χ1) is 8.06. The molecular weight excluding hydrogens is 299 g/mol. The smallest absolute Gasteiger partial charge is 0.269 e. The Balaban J connectivity index is 2.56. The minimum Gasteiger partial charge on any atom is -0.373 e. The highest BCUT2D eigenvalue weighted by Crippen LogP contribution is 2.37. The highest BCUT2D eigenvalue weighted by Gasteiger charge is 2.45. The van der Waals surface area contributed by atoms with Crippen LogP contribution >= 0.6 is 15.9 Å². The van der Waals surface area contributed by atoms with Crippen LogP contribution in [-0.4, -0.2) is 25.9 Å². The molecule has 1 aliphatic rings. The van der Waals surface area contributed by atoms with Crippen molar-refractivity contribution in [2.45, 2.75) is 12.0 Å². The molecule has 0 saturated heterocycles. The minimum atomic E-state index is -2.83. The van der Waals surface area contributed by atoms with E-state index in [0.29, 0.717) is 4.47 Å². The molecule has 0 spiro atoms. The van der Waals surface area contributed by atoms with E-state index >= 15 is 0 Å². The summed E-state index contributed by atoms with van der Waals surface area (Å²) in [6, 6.07) is 3.90. The third kappa shape index (κ3) is 2.24. The van der Waals surface area contributed by atoms with Gasteiger partial charge in [-0.2, -0.15) is 0 Å². The molecule has 2 rings (SSSR count). The second kappa shape index (κ2) is 4.78. The average Bonchev–Trinajstić information content (AvgIpc) is 2.33. The standard InChI is InChI=1S/C11H9BrF3NO/c12-7-1-2-9(13)8(5-7)11(10(14)15)6-17-4-3-16-11/h1-3,5,10H,4,6H2. The summed E-state index contributed by atoms with van der Waals surface area (Å²) < 4.78 is 45.6. The summed E-state index contributed by atoms with van der Waals surface area (Å²) in [4.78, 5) is 3.77. The van der Waals surface area contributed by atoms with Crippen LogP contribution in [0.1, 0.15) is 5.56 Å². The lowest BCUT2D eigenvalue weighted by Gasteiger charge is -2.32. The van der Waals surface area contributed by atoms with Crippen molar-refractivity contribution in [3.63, 3.8) is 0 Å². The molecule has 6 heteroatoms. The Kier molecular flexibility index (Phi) is 3.53. The summed E-state index contributed by atoms with van der Waals surface area (Å²) in [5.41, 5.74) is -2.09. The summed E-state index contributed by atoms with van der Waals surface area (Å²) in [7, 11) is 0. The third-order valence-electron chi connectivity index (χ3n) is 2.59. The van der Waals surface area contributed by atoms with Crippen molar-refractivity contribution in [2.24, 2.45) is 4.99 Å². The fourth-order valence-electron chi connectivity index (χ4n) is 1.72. The van der Waals surface area contributed by atoms with Crippen molar-refractivity contribution in [3.8, 4) is 0 Å². The molecule has 0 bridgehead atoms. The number of halogens is 4. The molecule has 92 valence electrons. The number of ether oxygens (including phenoxy) is 1. The SMILES string of the molecule is Fc1ccc(Br)cc1C1(C(F)F)COCC=N1. The summed E-state index contributed by atoms with van der Waals surface area (Å²) in [5.74, 6) is -0.712. The quantitative estimate of drug-likeness (QED) is 0.822. The van der Waals surface area contributed by atoms with Crippen LogP contribution in [0.2, 0.25) is 0 Å². The molecule has 0 amide bonds. The second-order valence-corrected chi connectivity index (χ2v) is 4.59.